The van der Waals surface area contributed by atoms with Crippen molar-refractivity contribution in [1.82, 2.24) is 20.2 Å². The van der Waals surface area contributed by atoms with Crippen molar-refractivity contribution in [2.24, 2.45) is 0 Å². The molecule has 2 heterocycles. The fraction of sp³-hybridized carbons (Fsp3) is 0.222. The van der Waals surface area contributed by atoms with Gasteiger partial charge in [0.2, 0.25) is 10.0 Å². The molecule has 150 valence electrons. The topological polar surface area (TPSA) is 110 Å². The maximum atomic E-state index is 14.2. The van der Waals surface area contributed by atoms with Crippen LogP contribution in [0.4, 0.5) is 15.8 Å². The van der Waals surface area contributed by atoms with Crippen LogP contribution in [0.3, 0.4) is 0 Å². The van der Waals surface area contributed by atoms with Gasteiger partial charge >= 0.3 is 0 Å². The van der Waals surface area contributed by atoms with E-state index in [4.69, 9.17) is 0 Å². The Morgan fingerprint density at radius 3 is 2.66 bits per heavy atom. The van der Waals surface area contributed by atoms with Crippen LogP contribution in [0.5, 0.6) is 0 Å². The van der Waals surface area contributed by atoms with Crippen LogP contribution in [0.2, 0.25) is 0 Å². The molecule has 9 nitrogen and oxygen atoms in total. The van der Waals surface area contributed by atoms with Crippen molar-refractivity contribution in [1.29, 1.82) is 0 Å². The summed E-state index contributed by atoms with van der Waals surface area (Å²) in [4.78, 5) is 12.7. The normalized spacial score (nSPS) is 13.4. The minimum absolute atomic E-state index is 0.114. The number of amides is 1. The molecule has 0 unspecified atom stereocenters. The predicted octanol–water partition coefficient (Wildman–Crippen LogP) is 1.68. The molecule has 1 N–H and O–H groups in total. The number of carbonyl (C=O) groups is 1. The number of hydrogen-bond acceptors (Lipinski definition) is 6. The van der Waals surface area contributed by atoms with E-state index in [1.165, 1.54) is 27.2 Å². The fourth-order valence-corrected chi connectivity index (χ4v) is 4.23. The third kappa shape index (κ3) is 3.56. The Labute approximate surface area is 166 Å². The summed E-state index contributed by atoms with van der Waals surface area (Å²) in [7, 11) is -3.35. The van der Waals surface area contributed by atoms with Crippen molar-refractivity contribution in [3.63, 3.8) is 0 Å². The number of carbonyl (C=O) groups excluding carboxylic acids is 1. The van der Waals surface area contributed by atoms with Crippen LogP contribution in [0, 0.1) is 12.7 Å². The van der Waals surface area contributed by atoms with Gasteiger partial charge in [0.25, 0.3) is 5.91 Å². The molecule has 0 aliphatic carbocycles. The second-order valence-electron chi connectivity index (χ2n) is 6.69. The fourth-order valence-electron chi connectivity index (χ4n) is 3.27. The highest BCUT2D eigenvalue weighted by Crippen LogP contribution is 2.31. The smallest absolute Gasteiger partial charge is 0.255 e. The summed E-state index contributed by atoms with van der Waals surface area (Å²) in [6.07, 6.45) is 1.68. The Kier molecular flexibility index (Phi) is 4.53. The Balaban J connectivity index is 1.59. The number of tetrazole rings is 1. The first-order valence-electron chi connectivity index (χ1n) is 8.71. The number of rotatable bonds is 4. The molecule has 1 amide bonds. The number of halogens is 1. The van der Waals surface area contributed by atoms with Crippen molar-refractivity contribution < 1.29 is 17.6 Å². The molecule has 2 aromatic carbocycles. The van der Waals surface area contributed by atoms with Gasteiger partial charge in [0.1, 0.15) is 11.5 Å². The molecule has 0 saturated heterocycles. The second-order valence-corrected chi connectivity index (χ2v) is 8.59. The number of sulfonamides is 1. The number of nitrogens with zero attached hydrogens (tertiary/aromatic N) is 5. The van der Waals surface area contributed by atoms with E-state index in [9.17, 15) is 17.6 Å². The lowest BCUT2D eigenvalue weighted by molar-refractivity contribution is 0.102. The van der Waals surface area contributed by atoms with Gasteiger partial charge in [-0.05, 0) is 65.7 Å². The van der Waals surface area contributed by atoms with Crippen LogP contribution in [-0.2, 0) is 16.4 Å². The molecule has 4 rings (SSSR count). The Bertz CT molecular complexity index is 1220. The summed E-state index contributed by atoms with van der Waals surface area (Å²) < 4.78 is 40.4. The van der Waals surface area contributed by atoms with Crippen LogP contribution in [-0.4, -0.2) is 47.3 Å². The van der Waals surface area contributed by atoms with Gasteiger partial charge in [0.05, 0.1) is 11.9 Å². The SMILES string of the molecule is Cc1nnnn1-c1cc(NC(=O)c2ccc3c(c2)CCN3S(C)(=O)=O)ccc1F. The first kappa shape index (κ1) is 19.0. The zero-order valence-electron chi connectivity index (χ0n) is 15.6. The van der Waals surface area contributed by atoms with E-state index in [1.54, 1.807) is 25.1 Å². The Morgan fingerprint density at radius 1 is 1.17 bits per heavy atom. The minimum Gasteiger partial charge on any atom is -0.322 e. The molecule has 0 spiro atoms. The molecule has 1 aliphatic rings. The number of benzene rings is 2. The average molecular weight is 416 g/mol. The summed E-state index contributed by atoms with van der Waals surface area (Å²) in [5.41, 5.74) is 2.24. The van der Waals surface area contributed by atoms with Gasteiger partial charge in [-0.2, -0.15) is 4.68 Å². The van der Waals surface area contributed by atoms with Crippen LogP contribution < -0.4 is 9.62 Å². The maximum absolute atomic E-state index is 14.2. The molecule has 0 saturated carbocycles. The quantitative estimate of drug-likeness (QED) is 0.693. The lowest BCUT2D eigenvalue weighted by Crippen LogP contribution is -2.27. The monoisotopic (exact) mass is 416 g/mol. The zero-order valence-corrected chi connectivity index (χ0v) is 16.4. The number of aromatic nitrogens is 4. The molecular weight excluding hydrogens is 399 g/mol. The van der Waals surface area contributed by atoms with Crippen molar-refractivity contribution in [3.05, 3.63) is 59.2 Å². The Morgan fingerprint density at radius 2 is 1.97 bits per heavy atom. The number of anilines is 2. The van der Waals surface area contributed by atoms with Crippen LogP contribution >= 0.6 is 0 Å². The van der Waals surface area contributed by atoms with E-state index < -0.39 is 21.7 Å². The van der Waals surface area contributed by atoms with Crippen LogP contribution in [0.25, 0.3) is 5.69 Å². The van der Waals surface area contributed by atoms with Gasteiger partial charge in [0.15, 0.2) is 5.82 Å². The average Bonchev–Trinajstić information content (AvgIpc) is 3.28. The molecule has 3 aromatic rings. The minimum atomic E-state index is -3.35. The molecular formula is C18H17FN6O3S. The van der Waals surface area contributed by atoms with Crippen molar-refractivity contribution >= 4 is 27.3 Å². The highest BCUT2D eigenvalue weighted by molar-refractivity contribution is 7.92. The van der Waals surface area contributed by atoms with E-state index in [-0.39, 0.29) is 5.69 Å². The summed E-state index contributed by atoms with van der Waals surface area (Å²) in [6, 6.07) is 8.96. The molecule has 0 radical (unpaired) electrons. The molecule has 29 heavy (non-hydrogen) atoms. The standard InChI is InChI=1S/C18H17FN6O3S/c1-11-21-22-23-25(11)17-10-14(4-5-15(17)19)20-18(26)13-3-6-16-12(9-13)7-8-24(16)29(2,27)28/h3-6,9-10H,7-8H2,1-2H3,(H,20,26). The van der Waals surface area contributed by atoms with Gasteiger partial charge in [-0.25, -0.2) is 12.8 Å². The van der Waals surface area contributed by atoms with E-state index in [1.807, 2.05) is 0 Å². The lowest BCUT2D eigenvalue weighted by atomic mass is 10.1. The van der Waals surface area contributed by atoms with Crippen molar-refractivity contribution in [3.8, 4) is 5.69 Å². The predicted molar refractivity (Wildman–Crippen MR) is 104 cm³/mol. The summed E-state index contributed by atoms with van der Waals surface area (Å²) in [5, 5.41) is 13.7. The summed E-state index contributed by atoms with van der Waals surface area (Å²) >= 11 is 0. The Hall–Kier alpha value is -3.34. The van der Waals surface area contributed by atoms with Gasteiger partial charge in [-0.1, -0.05) is 0 Å². The van der Waals surface area contributed by atoms with E-state index in [0.717, 1.165) is 11.8 Å². The largest absolute Gasteiger partial charge is 0.322 e. The third-order valence-corrected chi connectivity index (χ3v) is 5.83. The first-order valence-corrected chi connectivity index (χ1v) is 10.6. The highest BCUT2D eigenvalue weighted by Gasteiger charge is 2.26. The van der Waals surface area contributed by atoms with Gasteiger partial charge in [0, 0.05) is 17.8 Å². The maximum Gasteiger partial charge on any atom is 0.255 e. The van der Waals surface area contributed by atoms with Crippen LogP contribution in [0.1, 0.15) is 21.7 Å². The summed E-state index contributed by atoms with van der Waals surface area (Å²) in [5.74, 6) is -0.519. The van der Waals surface area contributed by atoms with E-state index in [0.29, 0.717) is 35.7 Å². The molecule has 0 atom stereocenters. The highest BCUT2D eigenvalue weighted by atomic mass is 32.2. The molecule has 0 fully saturated rings. The number of hydrogen-bond donors (Lipinski definition) is 1. The third-order valence-electron chi connectivity index (χ3n) is 4.65. The van der Waals surface area contributed by atoms with Crippen molar-refractivity contribution in [2.75, 3.05) is 22.4 Å². The van der Waals surface area contributed by atoms with Gasteiger partial charge < -0.3 is 5.32 Å². The van der Waals surface area contributed by atoms with E-state index in [2.05, 4.69) is 20.8 Å². The van der Waals surface area contributed by atoms with E-state index >= 15 is 0 Å². The molecule has 1 aromatic heterocycles. The van der Waals surface area contributed by atoms with Crippen LogP contribution in [0.15, 0.2) is 36.4 Å². The van der Waals surface area contributed by atoms with Gasteiger partial charge in [-0.3, -0.25) is 9.10 Å². The zero-order chi connectivity index (χ0) is 20.8. The molecule has 11 heteroatoms. The number of fused-ring (bicyclic) bond motifs is 1. The number of aryl methyl sites for hydroxylation is 1. The molecule has 1 aliphatic heterocycles. The number of nitrogens with one attached hydrogen (secondary N) is 1. The lowest BCUT2D eigenvalue weighted by Gasteiger charge is -2.16. The second kappa shape index (κ2) is 6.92. The molecule has 0 bridgehead atoms. The first-order chi connectivity index (χ1) is 13.7. The summed E-state index contributed by atoms with van der Waals surface area (Å²) in [6.45, 7) is 1.99. The van der Waals surface area contributed by atoms with Gasteiger partial charge in [-0.15, -0.1) is 5.10 Å². The van der Waals surface area contributed by atoms with Crippen molar-refractivity contribution in [2.45, 2.75) is 13.3 Å².